The Labute approximate surface area is 187 Å². The van der Waals surface area contributed by atoms with Gasteiger partial charge in [-0.1, -0.05) is 34.4 Å². The standard InChI is InChI=1S/C19H20BrCl2N5O2/c1-3-27-19(24-25-26-27)23-10-12-7-15(20)18(17(8-12)28-4-2)29-11-13-5-6-14(21)9-16(13)22/h5-9H,3-4,10-11H2,1-2H3,(H,23,24,26). The summed E-state index contributed by atoms with van der Waals surface area (Å²) >= 11 is 15.8. The van der Waals surface area contributed by atoms with Crippen LogP contribution in [0.15, 0.2) is 34.8 Å². The molecule has 1 aromatic heterocycles. The van der Waals surface area contributed by atoms with Crippen molar-refractivity contribution in [3.8, 4) is 11.5 Å². The van der Waals surface area contributed by atoms with Gasteiger partial charge in [0.25, 0.3) is 0 Å². The number of halogens is 3. The van der Waals surface area contributed by atoms with E-state index in [1.54, 1.807) is 16.8 Å². The summed E-state index contributed by atoms with van der Waals surface area (Å²) in [4.78, 5) is 0. The summed E-state index contributed by atoms with van der Waals surface area (Å²) in [5, 5.41) is 15.9. The van der Waals surface area contributed by atoms with Gasteiger partial charge >= 0.3 is 0 Å². The third kappa shape index (κ3) is 5.52. The second-order valence-electron chi connectivity index (χ2n) is 6.03. The van der Waals surface area contributed by atoms with Crippen LogP contribution in [-0.2, 0) is 19.7 Å². The largest absolute Gasteiger partial charge is 0.490 e. The second-order valence-corrected chi connectivity index (χ2v) is 7.73. The Hall–Kier alpha value is -2.03. The van der Waals surface area contributed by atoms with E-state index < -0.39 is 0 Å². The van der Waals surface area contributed by atoms with Crippen LogP contribution in [0.25, 0.3) is 0 Å². The molecule has 10 heteroatoms. The number of benzene rings is 2. The van der Waals surface area contributed by atoms with E-state index in [1.165, 1.54) is 0 Å². The van der Waals surface area contributed by atoms with Crippen molar-refractivity contribution < 1.29 is 9.47 Å². The van der Waals surface area contributed by atoms with Gasteiger partial charge in [-0.2, -0.15) is 0 Å². The Balaban J connectivity index is 1.76. The van der Waals surface area contributed by atoms with Crippen molar-refractivity contribution in [3.63, 3.8) is 0 Å². The Kier molecular flexibility index (Phi) is 7.57. The van der Waals surface area contributed by atoms with Gasteiger partial charge in [-0.15, -0.1) is 0 Å². The topological polar surface area (TPSA) is 74.1 Å². The molecule has 0 aliphatic rings. The maximum atomic E-state index is 6.24. The molecule has 3 aromatic rings. The van der Waals surface area contributed by atoms with Gasteiger partial charge in [-0.3, -0.25) is 0 Å². The Bertz CT molecular complexity index is 983. The van der Waals surface area contributed by atoms with Crippen LogP contribution < -0.4 is 14.8 Å². The molecule has 0 radical (unpaired) electrons. The van der Waals surface area contributed by atoms with Crippen LogP contribution in [-0.4, -0.2) is 26.8 Å². The average molecular weight is 501 g/mol. The number of anilines is 1. The summed E-state index contributed by atoms with van der Waals surface area (Å²) in [6.07, 6.45) is 0. The molecule has 7 nitrogen and oxygen atoms in total. The maximum absolute atomic E-state index is 6.24. The first-order valence-electron chi connectivity index (χ1n) is 9.03. The molecule has 1 N–H and O–H groups in total. The number of aromatic nitrogens is 4. The second kappa shape index (κ2) is 10.1. The number of ether oxygens (including phenoxy) is 2. The molecule has 29 heavy (non-hydrogen) atoms. The Morgan fingerprint density at radius 3 is 2.69 bits per heavy atom. The molecule has 2 aromatic carbocycles. The number of aryl methyl sites for hydroxylation is 1. The molecule has 0 bridgehead atoms. The van der Waals surface area contributed by atoms with Gasteiger partial charge in [0.2, 0.25) is 5.95 Å². The number of hydrogen-bond acceptors (Lipinski definition) is 6. The van der Waals surface area contributed by atoms with Crippen LogP contribution in [0.4, 0.5) is 5.95 Å². The quantitative estimate of drug-likeness (QED) is 0.426. The molecule has 1 heterocycles. The zero-order valence-corrected chi connectivity index (χ0v) is 19.1. The lowest BCUT2D eigenvalue weighted by Crippen LogP contribution is -2.08. The van der Waals surface area contributed by atoms with Gasteiger partial charge in [-0.05, 0) is 70.0 Å². The van der Waals surface area contributed by atoms with Gasteiger partial charge in [0, 0.05) is 28.7 Å². The summed E-state index contributed by atoms with van der Waals surface area (Å²) in [5.41, 5.74) is 1.82. The van der Waals surface area contributed by atoms with Crippen LogP contribution in [0, 0.1) is 0 Å². The van der Waals surface area contributed by atoms with Crippen LogP contribution >= 0.6 is 39.1 Å². The molecular formula is C19H20BrCl2N5O2. The molecule has 0 fully saturated rings. The summed E-state index contributed by atoms with van der Waals surface area (Å²) in [6, 6.07) is 9.21. The van der Waals surface area contributed by atoms with E-state index in [-0.39, 0.29) is 6.61 Å². The SMILES string of the molecule is CCOc1cc(CNc2nnnn2CC)cc(Br)c1OCc1ccc(Cl)cc1Cl. The predicted octanol–water partition coefficient (Wildman–Crippen LogP) is 5.35. The molecule has 0 saturated heterocycles. The zero-order chi connectivity index (χ0) is 20.8. The third-order valence-electron chi connectivity index (χ3n) is 4.04. The van der Waals surface area contributed by atoms with Crippen LogP contribution in [0.5, 0.6) is 11.5 Å². The van der Waals surface area contributed by atoms with E-state index >= 15 is 0 Å². The van der Waals surface area contributed by atoms with Gasteiger partial charge in [0.15, 0.2) is 11.5 Å². The van der Waals surface area contributed by atoms with Crippen molar-refractivity contribution in [1.29, 1.82) is 0 Å². The van der Waals surface area contributed by atoms with Crippen molar-refractivity contribution in [3.05, 3.63) is 56.0 Å². The van der Waals surface area contributed by atoms with E-state index in [0.29, 0.717) is 47.2 Å². The van der Waals surface area contributed by atoms with E-state index in [0.717, 1.165) is 15.6 Å². The highest BCUT2D eigenvalue weighted by atomic mass is 79.9. The highest BCUT2D eigenvalue weighted by molar-refractivity contribution is 9.10. The minimum Gasteiger partial charge on any atom is -0.490 e. The van der Waals surface area contributed by atoms with Crippen molar-refractivity contribution in [1.82, 2.24) is 20.2 Å². The highest BCUT2D eigenvalue weighted by Crippen LogP contribution is 2.38. The molecule has 154 valence electrons. The molecule has 0 unspecified atom stereocenters. The van der Waals surface area contributed by atoms with Crippen molar-refractivity contribution in [2.24, 2.45) is 0 Å². The Morgan fingerprint density at radius 1 is 1.14 bits per heavy atom. The molecule has 0 amide bonds. The fourth-order valence-corrected chi connectivity index (χ4v) is 3.71. The van der Waals surface area contributed by atoms with Gasteiger partial charge in [-0.25, -0.2) is 4.68 Å². The molecule has 0 spiro atoms. The summed E-state index contributed by atoms with van der Waals surface area (Å²) in [7, 11) is 0. The predicted molar refractivity (Wildman–Crippen MR) is 117 cm³/mol. The summed E-state index contributed by atoms with van der Waals surface area (Å²) < 4.78 is 14.3. The summed E-state index contributed by atoms with van der Waals surface area (Å²) in [5.74, 6) is 1.86. The summed E-state index contributed by atoms with van der Waals surface area (Å²) in [6.45, 7) is 5.91. The third-order valence-corrected chi connectivity index (χ3v) is 5.21. The van der Waals surface area contributed by atoms with Gasteiger partial charge in [0.1, 0.15) is 6.61 Å². The van der Waals surface area contributed by atoms with Crippen molar-refractivity contribution >= 4 is 45.1 Å². The van der Waals surface area contributed by atoms with Gasteiger partial charge in [0.05, 0.1) is 11.1 Å². The van der Waals surface area contributed by atoms with Crippen LogP contribution in [0.1, 0.15) is 25.0 Å². The lowest BCUT2D eigenvalue weighted by molar-refractivity contribution is 0.267. The van der Waals surface area contributed by atoms with E-state index in [4.69, 9.17) is 32.7 Å². The van der Waals surface area contributed by atoms with Crippen molar-refractivity contribution in [2.45, 2.75) is 33.5 Å². The number of hydrogen-bond donors (Lipinski definition) is 1. The van der Waals surface area contributed by atoms with Crippen LogP contribution in [0.3, 0.4) is 0 Å². The monoisotopic (exact) mass is 499 g/mol. The number of tetrazole rings is 1. The first-order valence-corrected chi connectivity index (χ1v) is 10.6. The molecule has 0 saturated carbocycles. The zero-order valence-electron chi connectivity index (χ0n) is 16.0. The average Bonchev–Trinajstić information content (AvgIpc) is 3.15. The van der Waals surface area contributed by atoms with Crippen molar-refractivity contribution in [2.75, 3.05) is 11.9 Å². The minimum atomic E-state index is 0.289. The first kappa shape index (κ1) is 21.7. The fourth-order valence-electron chi connectivity index (χ4n) is 2.64. The molecule has 0 aliphatic carbocycles. The normalized spacial score (nSPS) is 10.8. The molecular weight excluding hydrogens is 481 g/mol. The Morgan fingerprint density at radius 2 is 1.97 bits per heavy atom. The van der Waals surface area contributed by atoms with E-state index in [9.17, 15) is 0 Å². The lowest BCUT2D eigenvalue weighted by atomic mass is 10.2. The number of nitrogens with zero attached hydrogens (tertiary/aromatic N) is 4. The van der Waals surface area contributed by atoms with E-state index in [1.807, 2.05) is 32.0 Å². The smallest absolute Gasteiger partial charge is 0.243 e. The number of rotatable bonds is 9. The minimum absolute atomic E-state index is 0.289. The van der Waals surface area contributed by atoms with Gasteiger partial charge < -0.3 is 14.8 Å². The molecule has 0 aliphatic heterocycles. The number of nitrogens with one attached hydrogen (secondary N) is 1. The van der Waals surface area contributed by atoms with Crippen LogP contribution in [0.2, 0.25) is 10.0 Å². The fraction of sp³-hybridized carbons (Fsp3) is 0.316. The first-order chi connectivity index (χ1) is 14.0. The maximum Gasteiger partial charge on any atom is 0.243 e. The molecule has 0 atom stereocenters. The highest BCUT2D eigenvalue weighted by Gasteiger charge is 2.14. The lowest BCUT2D eigenvalue weighted by Gasteiger charge is -2.16. The van der Waals surface area contributed by atoms with E-state index in [2.05, 4.69) is 36.8 Å². The molecule has 3 rings (SSSR count).